The highest BCUT2D eigenvalue weighted by Gasteiger charge is 2.18. The van der Waals surface area contributed by atoms with Crippen LogP contribution in [0.1, 0.15) is 18.9 Å². The Kier molecular flexibility index (Phi) is 5.56. The van der Waals surface area contributed by atoms with Gasteiger partial charge >= 0.3 is 0 Å². The van der Waals surface area contributed by atoms with Gasteiger partial charge in [0.25, 0.3) is 0 Å². The van der Waals surface area contributed by atoms with Crippen molar-refractivity contribution in [1.82, 2.24) is 0 Å². The van der Waals surface area contributed by atoms with Gasteiger partial charge in [-0.2, -0.15) is 0 Å². The number of methoxy groups -OCH3 is 1. The molecule has 0 aromatic heterocycles. The van der Waals surface area contributed by atoms with Crippen LogP contribution in [-0.2, 0) is 11.2 Å². The van der Waals surface area contributed by atoms with Gasteiger partial charge in [-0.05, 0) is 30.5 Å². The Balaban J connectivity index is 2.80. The van der Waals surface area contributed by atoms with Crippen LogP contribution in [0.15, 0.2) is 18.2 Å². The number of ether oxygens (including phenoxy) is 1. The molecule has 0 bridgehead atoms. The molecule has 2 N–H and O–H groups in total. The highest BCUT2D eigenvalue weighted by Crippen LogP contribution is 2.26. The van der Waals surface area contributed by atoms with E-state index in [1.165, 1.54) is 0 Å². The van der Waals surface area contributed by atoms with Crippen LogP contribution in [0.25, 0.3) is 0 Å². The molecule has 0 spiro atoms. The van der Waals surface area contributed by atoms with Crippen LogP contribution in [0.5, 0.6) is 0 Å². The van der Waals surface area contributed by atoms with Crippen LogP contribution >= 0.6 is 23.2 Å². The van der Waals surface area contributed by atoms with Crippen molar-refractivity contribution in [3.8, 4) is 0 Å². The molecule has 2 atom stereocenters. The number of hydrogen-bond acceptors (Lipinski definition) is 2. The van der Waals surface area contributed by atoms with E-state index in [1.807, 2.05) is 25.1 Å². The Morgan fingerprint density at radius 1 is 1.31 bits per heavy atom. The molecule has 1 aromatic rings. The average molecular weight is 262 g/mol. The van der Waals surface area contributed by atoms with Crippen LogP contribution in [0.4, 0.5) is 0 Å². The van der Waals surface area contributed by atoms with E-state index in [0.717, 1.165) is 12.0 Å². The van der Waals surface area contributed by atoms with Crippen LogP contribution in [0, 0.1) is 0 Å². The predicted octanol–water partition coefficient (Wildman–Crippen LogP) is 3.29. The van der Waals surface area contributed by atoms with E-state index < -0.39 is 0 Å². The van der Waals surface area contributed by atoms with Crippen molar-refractivity contribution in [2.24, 2.45) is 5.73 Å². The lowest BCUT2D eigenvalue weighted by atomic mass is 10.0. The first-order valence-corrected chi connectivity index (χ1v) is 6.07. The normalized spacial score (nSPS) is 14.8. The van der Waals surface area contributed by atoms with Gasteiger partial charge in [0.2, 0.25) is 0 Å². The van der Waals surface area contributed by atoms with E-state index in [4.69, 9.17) is 33.7 Å². The minimum Gasteiger partial charge on any atom is -0.380 e. The van der Waals surface area contributed by atoms with Gasteiger partial charge < -0.3 is 10.5 Å². The van der Waals surface area contributed by atoms with Gasteiger partial charge in [-0.1, -0.05) is 36.2 Å². The monoisotopic (exact) mass is 261 g/mol. The first-order valence-electron chi connectivity index (χ1n) is 5.31. The summed E-state index contributed by atoms with van der Waals surface area (Å²) in [7, 11) is 1.67. The van der Waals surface area contributed by atoms with Crippen molar-refractivity contribution in [1.29, 1.82) is 0 Å². The fraction of sp³-hybridized carbons (Fsp3) is 0.500. The molecule has 0 radical (unpaired) electrons. The van der Waals surface area contributed by atoms with Gasteiger partial charge in [0, 0.05) is 23.2 Å². The first kappa shape index (κ1) is 13.8. The fourth-order valence-electron chi connectivity index (χ4n) is 1.74. The highest BCUT2D eigenvalue weighted by atomic mass is 35.5. The number of hydrogen-bond donors (Lipinski definition) is 1. The third kappa shape index (κ3) is 3.36. The molecule has 2 nitrogen and oxygen atoms in total. The Morgan fingerprint density at radius 2 is 1.88 bits per heavy atom. The molecule has 1 aromatic carbocycles. The Labute approximate surface area is 107 Å². The number of benzene rings is 1. The second kappa shape index (κ2) is 6.45. The largest absolute Gasteiger partial charge is 0.380 e. The minimum absolute atomic E-state index is 0.0346. The maximum Gasteiger partial charge on any atom is 0.0722 e. The molecular formula is C12H17Cl2NO. The van der Waals surface area contributed by atoms with Gasteiger partial charge in [-0.3, -0.25) is 0 Å². The van der Waals surface area contributed by atoms with E-state index in [9.17, 15) is 0 Å². The van der Waals surface area contributed by atoms with Crippen molar-refractivity contribution >= 4 is 23.2 Å². The topological polar surface area (TPSA) is 35.2 Å². The molecule has 2 unspecified atom stereocenters. The lowest BCUT2D eigenvalue weighted by molar-refractivity contribution is 0.0773. The average Bonchev–Trinajstić information content (AvgIpc) is 2.25. The summed E-state index contributed by atoms with van der Waals surface area (Å²) in [6.07, 6.45) is 1.54. The third-order valence-corrected chi connectivity index (χ3v) is 3.39. The van der Waals surface area contributed by atoms with E-state index >= 15 is 0 Å². The van der Waals surface area contributed by atoms with Gasteiger partial charge in [0.1, 0.15) is 0 Å². The van der Waals surface area contributed by atoms with Gasteiger partial charge in [-0.25, -0.2) is 0 Å². The highest BCUT2D eigenvalue weighted by molar-refractivity contribution is 6.35. The fourth-order valence-corrected chi connectivity index (χ4v) is 2.29. The van der Waals surface area contributed by atoms with Crippen molar-refractivity contribution in [3.63, 3.8) is 0 Å². The smallest absolute Gasteiger partial charge is 0.0722 e. The molecule has 0 aliphatic rings. The zero-order chi connectivity index (χ0) is 12.1. The van der Waals surface area contributed by atoms with E-state index in [1.54, 1.807) is 7.11 Å². The lowest BCUT2D eigenvalue weighted by Gasteiger charge is -2.22. The van der Waals surface area contributed by atoms with E-state index in [-0.39, 0.29) is 12.1 Å². The lowest BCUT2D eigenvalue weighted by Crippen LogP contribution is -2.37. The second-order valence-electron chi connectivity index (χ2n) is 3.75. The molecule has 0 amide bonds. The predicted molar refractivity (Wildman–Crippen MR) is 69.2 cm³/mol. The molecule has 90 valence electrons. The SMILES string of the molecule is CCC(OC)C(N)Cc1c(Cl)cccc1Cl. The minimum atomic E-state index is -0.0904. The first-order chi connectivity index (χ1) is 7.60. The van der Waals surface area contributed by atoms with Crippen LogP contribution in [0.3, 0.4) is 0 Å². The zero-order valence-corrected chi connectivity index (χ0v) is 11.1. The van der Waals surface area contributed by atoms with Crippen molar-refractivity contribution in [2.75, 3.05) is 7.11 Å². The van der Waals surface area contributed by atoms with Crippen molar-refractivity contribution < 1.29 is 4.74 Å². The molecule has 16 heavy (non-hydrogen) atoms. The standard InChI is InChI=1S/C12H17Cl2NO/c1-3-12(16-2)11(15)7-8-9(13)5-4-6-10(8)14/h4-6,11-12H,3,7,15H2,1-2H3. The van der Waals surface area contributed by atoms with Crippen molar-refractivity contribution in [2.45, 2.75) is 31.9 Å². The number of nitrogens with two attached hydrogens (primary N) is 1. The summed E-state index contributed by atoms with van der Waals surface area (Å²) in [5.74, 6) is 0. The maximum absolute atomic E-state index is 6.08. The molecule has 0 heterocycles. The van der Waals surface area contributed by atoms with Crippen LogP contribution in [0.2, 0.25) is 10.0 Å². The number of halogens is 2. The van der Waals surface area contributed by atoms with Gasteiger partial charge in [0.05, 0.1) is 6.10 Å². The summed E-state index contributed by atoms with van der Waals surface area (Å²) in [5.41, 5.74) is 6.96. The quantitative estimate of drug-likeness (QED) is 0.883. The van der Waals surface area contributed by atoms with Crippen molar-refractivity contribution in [3.05, 3.63) is 33.8 Å². The third-order valence-electron chi connectivity index (χ3n) is 2.68. The summed E-state index contributed by atoms with van der Waals surface area (Å²) in [6.45, 7) is 2.04. The Bertz CT molecular complexity index is 320. The van der Waals surface area contributed by atoms with Gasteiger partial charge in [0.15, 0.2) is 0 Å². The molecular weight excluding hydrogens is 245 g/mol. The molecule has 1 rings (SSSR count). The summed E-state index contributed by atoms with van der Waals surface area (Å²) < 4.78 is 5.30. The maximum atomic E-state index is 6.08. The van der Waals surface area contributed by atoms with Crippen LogP contribution < -0.4 is 5.73 Å². The van der Waals surface area contributed by atoms with Gasteiger partial charge in [-0.15, -0.1) is 0 Å². The summed E-state index contributed by atoms with van der Waals surface area (Å²) in [4.78, 5) is 0. The molecule has 0 saturated carbocycles. The van der Waals surface area contributed by atoms with E-state index in [2.05, 4.69) is 0 Å². The molecule has 0 aliphatic carbocycles. The second-order valence-corrected chi connectivity index (χ2v) is 4.56. The Hall–Kier alpha value is -0.280. The molecule has 0 aliphatic heterocycles. The number of rotatable bonds is 5. The van der Waals surface area contributed by atoms with Crippen LogP contribution in [-0.4, -0.2) is 19.3 Å². The molecule has 4 heteroatoms. The summed E-state index contributed by atoms with van der Waals surface area (Å²) >= 11 is 12.2. The van der Waals surface area contributed by atoms with E-state index in [0.29, 0.717) is 16.5 Å². The summed E-state index contributed by atoms with van der Waals surface area (Å²) in [6, 6.07) is 5.38. The zero-order valence-electron chi connectivity index (χ0n) is 9.54. The molecule has 0 saturated heterocycles. The summed E-state index contributed by atoms with van der Waals surface area (Å²) in [5, 5.41) is 1.32. The molecule has 0 fully saturated rings. The Morgan fingerprint density at radius 3 is 2.31 bits per heavy atom.